The third-order valence-electron chi connectivity index (χ3n) is 2.18. The first kappa shape index (κ1) is 11.9. The zero-order chi connectivity index (χ0) is 12.7. The van der Waals surface area contributed by atoms with Gasteiger partial charge in [-0.2, -0.15) is 0 Å². The van der Waals surface area contributed by atoms with Crippen molar-refractivity contribution in [2.24, 2.45) is 0 Å². The van der Waals surface area contributed by atoms with Crippen LogP contribution in [-0.2, 0) is 0 Å². The number of rotatable bonds is 1. The summed E-state index contributed by atoms with van der Waals surface area (Å²) in [5.41, 5.74) is -0.927. The molecule has 0 spiro atoms. The standard InChI is InChI=1S/C10H4Cl2FNO3/c11-3-1-4-7(8(12)9(3)13)6(15)2-5(14-4)10(16)17/h1-2H,(H,14,15)(H,16,17). The molecule has 0 aliphatic rings. The van der Waals surface area contributed by atoms with Crippen LogP contribution in [0, 0.1) is 5.82 Å². The molecule has 0 amide bonds. The van der Waals surface area contributed by atoms with Crippen molar-refractivity contribution >= 4 is 40.1 Å². The minimum atomic E-state index is -1.31. The Morgan fingerprint density at radius 1 is 1.35 bits per heavy atom. The van der Waals surface area contributed by atoms with Gasteiger partial charge in [0, 0.05) is 6.07 Å². The van der Waals surface area contributed by atoms with Gasteiger partial charge in [-0.15, -0.1) is 0 Å². The lowest BCUT2D eigenvalue weighted by molar-refractivity contribution is 0.0691. The van der Waals surface area contributed by atoms with E-state index in [4.69, 9.17) is 28.3 Å². The summed E-state index contributed by atoms with van der Waals surface area (Å²) in [7, 11) is 0. The molecular weight excluding hydrogens is 272 g/mol. The second kappa shape index (κ2) is 4.01. The van der Waals surface area contributed by atoms with E-state index in [0.717, 1.165) is 12.1 Å². The third-order valence-corrected chi connectivity index (χ3v) is 2.81. The van der Waals surface area contributed by atoms with Gasteiger partial charge in [0.05, 0.1) is 20.9 Å². The number of H-pyrrole nitrogens is 1. The van der Waals surface area contributed by atoms with Crippen molar-refractivity contribution in [3.05, 3.63) is 43.9 Å². The van der Waals surface area contributed by atoms with E-state index in [9.17, 15) is 14.0 Å². The fourth-order valence-electron chi connectivity index (χ4n) is 1.43. The summed E-state index contributed by atoms with van der Waals surface area (Å²) < 4.78 is 13.4. The maximum atomic E-state index is 13.4. The molecule has 0 unspecified atom stereocenters. The fraction of sp³-hybridized carbons (Fsp3) is 0. The number of carboxylic acids is 1. The Kier molecular flexibility index (Phi) is 2.81. The summed E-state index contributed by atoms with van der Waals surface area (Å²) in [4.78, 5) is 24.8. The van der Waals surface area contributed by atoms with Crippen LogP contribution >= 0.6 is 23.2 Å². The Balaban J connectivity index is 2.97. The number of aromatic carboxylic acids is 1. The number of carboxylic acid groups (broad SMARTS) is 1. The highest BCUT2D eigenvalue weighted by Crippen LogP contribution is 2.29. The van der Waals surface area contributed by atoms with Gasteiger partial charge in [0.2, 0.25) is 0 Å². The zero-order valence-electron chi connectivity index (χ0n) is 8.05. The van der Waals surface area contributed by atoms with Crippen LogP contribution in [0.3, 0.4) is 0 Å². The van der Waals surface area contributed by atoms with Gasteiger partial charge in [0.25, 0.3) is 0 Å². The van der Waals surface area contributed by atoms with Crippen LogP contribution in [0.25, 0.3) is 10.9 Å². The van der Waals surface area contributed by atoms with Crippen LogP contribution in [0.1, 0.15) is 10.5 Å². The van der Waals surface area contributed by atoms with E-state index >= 15 is 0 Å². The minimum Gasteiger partial charge on any atom is -0.477 e. The summed E-state index contributed by atoms with van der Waals surface area (Å²) in [6.45, 7) is 0. The van der Waals surface area contributed by atoms with E-state index in [1.54, 1.807) is 0 Å². The maximum Gasteiger partial charge on any atom is 0.352 e. The molecule has 2 aromatic rings. The first-order valence-electron chi connectivity index (χ1n) is 4.35. The van der Waals surface area contributed by atoms with Crippen molar-refractivity contribution in [1.82, 2.24) is 4.98 Å². The van der Waals surface area contributed by atoms with Crippen LogP contribution < -0.4 is 5.43 Å². The van der Waals surface area contributed by atoms with Crippen molar-refractivity contribution in [3.8, 4) is 0 Å². The Labute approximate surface area is 104 Å². The lowest BCUT2D eigenvalue weighted by Crippen LogP contribution is -2.10. The highest BCUT2D eigenvalue weighted by molar-refractivity contribution is 6.38. The third kappa shape index (κ3) is 1.87. The average molecular weight is 276 g/mol. The molecule has 0 fully saturated rings. The molecular formula is C10H4Cl2FNO3. The van der Waals surface area contributed by atoms with Crippen molar-refractivity contribution < 1.29 is 14.3 Å². The predicted molar refractivity (Wildman–Crippen MR) is 61.5 cm³/mol. The molecule has 88 valence electrons. The summed E-state index contributed by atoms with van der Waals surface area (Å²) in [6, 6.07) is 1.95. The second-order valence-electron chi connectivity index (χ2n) is 3.26. The molecule has 0 aliphatic heterocycles. The van der Waals surface area contributed by atoms with Crippen LogP contribution in [0.5, 0.6) is 0 Å². The molecule has 2 rings (SSSR count). The quantitative estimate of drug-likeness (QED) is 0.786. The summed E-state index contributed by atoms with van der Waals surface area (Å²) >= 11 is 11.2. The van der Waals surface area contributed by atoms with Crippen LogP contribution in [0.15, 0.2) is 16.9 Å². The van der Waals surface area contributed by atoms with Gasteiger partial charge in [-0.1, -0.05) is 23.2 Å². The predicted octanol–water partition coefficient (Wildman–Crippen LogP) is 2.67. The Morgan fingerprint density at radius 2 is 2.00 bits per heavy atom. The number of fused-ring (bicyclic) bond motifs is 1. The number of aromatic amines is 1. The van der Waals surface area contributed by atoms with E-state index in [1.165, 1.54) is 0 Å². The van der Waals surface area contributed by atoms with Gasteiger partial charge in [0.15, 0.2) is 11.2 Å². The molecule has 0 saturated heterocycles. The monoisotopic (exact) mass is 275 g/mol. The van der Waals surface area contributed by atoms with Gasteiger partial charge < -0.3 is 10.1 Å². The number of hydrogen-bond donors (Lipinski definition) is 2. The largest absolute Gasteiger partial charge is 0.477 e. The van der Waals surface area contributed by atoms with E-state index in [1.807, 2.05) is 0 Å². The number of pyridine rings is 1. The summed E-state index contributed by atoms with van der Waals surface area (Å²) in [6.07, 6.45) is 0. The molecule has 0 atom stereocenters. The summed E-state index contributed by atoms with van der Waals surface area (Å²) in [5.74, 6) is -2.21. The molecule has 2 N–H and O–H groups in total. The van der Waals surface area contributed by atoms with Gasteiger partial charge in [-0.3, -0.25) is 4.79 Å². The normalized spacial score (nSPS) is 10.8. The molecule has 1 aromatic carbocycles. The Morgan fingerprint density at radius 3 is 2.59 bits per heavy atom. The first-order chi connectivity index (χ1) is 7.91. The van der Waals surface area contributed by atoms with Crippen molar-refractivity contribution in [3.63, 3.8) is 0 Å². The Bertz CT molecular complexity index is 696. The van der Waals surface area contributed by atoms with Crippen molar-refractivity contribution in [2.75, 3.05) is 0 Å². The molecule has 4 nitrogen and oxygen atoms in total. The first-order valence-corrected chi connectivity index (χ1v) is 5.11. The van der Waals surface area contributed by atoms with Gasteiger partial charge in [0.1, 0.15) is 5.69 Å². The number of hydrogen-bond acceptors (Lipinski definition) is 2. The number of nitrogens with one attached hydrogen (secondary N) is 1. The molecule has 0 aliphatic carbocycles. The number of aromatic nitrogens is 1. The lowest BCUT2D eigenvalue weighted by Gasteiger charge is -2.04. The minimum absolute atomic E-state index is 0.0753. The van der Waals surface area contributed by atoms with E-state index < -0.39 is 22.2 Å². The van der Waals surface area contributed by atoms with Crippen LogP contribution in [0.4, 0.5) is 4.39 Å². The van der Waals surface area contributed by atoms with Crippen LogP contribution in [0.2, 0.25) is 10.0 Å². The Hall–Kier alpha value is -1.59. The van der Waals surface area contributed by atoms with Crippen LogP contribution in [-0.4, -0.2) is 16.1 Å². The molecule has 7 heteroatoms. The number of halogens is 3. The molecule has 0 saturated carbocycles. The van der Waals surface area contributed by atoms with Gasteiger partial charge in [-0.05, 0) is 6.07 Å². The molecule has 1 heterocycles. The topological polar surface area (TPSA) is 70.2 Å². The second-order valence-corrected chi connectivity index (χ2v) is 4.05. The maximum absolute atomic E-state index is 13.4. The van der Waals surface area contributed by atoms with Gasteiger partial charge >= 0.3 is 5.97 Å². The average Bonchev–Trinajstić information content (AvgIpc) is 2.25. The molecule has 0 radical (unpaired) electrons. The highest BCUT2D eigenvalue weighted by atomic mass is 35.5. The number of carbonyl (C=O) groups is 1. The van der Waals surface area contributed by atoms with E-state index in [-0.39, 0.29) is 21.6 Å². The van der Waals surface area contributed by atoms with Crippen molar-refractivity contribution in [2.45, 2.75) is 0 Å². The fourth-order valence-corrected chi connectivity index (χ4v) is 1.98. The summed E-state index contributed by atoms with van der Waals surface area (Å²) in [5, 5.41) is 7.91. The molecule has 0 bridgehead atoms. The van der Waals surface area contributed by atoms with Crippen molar-refractivity contribution in [1.29, 1.82) is 0 Å². The van der Waals surface area contributed by atoms with Gasteiger partial charge in [-0.25, -0.2) is 9.18 Å². The van der Waals surface area contributed by atoms with E-state index in [0.29, 0.717) is 0 Å². The number of benzene rings is 1. The smallest absolute Gasteiger partial charge is 0.352 e. The molecule has 17 heavy (non-hydrogen) atoms. The van der Waals surface area contributed by atoms with E-state index in [2.05, 4.69) is 4.98 Å². The molecule has 1 aromatic heterocycles. The zero-order valence-corrected chi connectivity index (χ0v) is 9.56. The SMILES string of the molecule is O=C(O)c1cc(=O)c2c(Cl)c(F)c(Cl)cc2[nH]1. The highest BCUT2D eigenvalue weighted by Gasteiger charge is 2.15. The lowest BCUT2D eigenvalue weighted by atomic mass is 10.2.